The molecule has 0 aliphatic carbocycles. The van der Waals surface area contributed by atoms with Crippen molar-refractivity contribution in [1.82, 2.24) is 15.2 Å². The summed E-state index contributed by atoms with van der Waals surface area (Å²) in [5, 5.41) is 2.84. The van der Waals surface area contributed by atoms with Crippen LogP contribution in [0.2, 0.25) is 0 Å². The molecule has 2 heterocycles. The molecular weight excluding hydrogens is 290 g/mol. The van der Waals surface area contributed by atoms with E-state index >= 15 is 0 Å². The van der Waals surface area contributed by atoms with Crippen LogP contribution in [0.3, 0.4) is 0 Å². The van der Waals surface area contributed by atoms with Gasteiger partial charge < -0.3 is 10.2 Å². The number of hydrogen-bond donors (Lipinski definition) is 1. The van der Waals surface area contributed by atoms with Crippen LogP contribution in [-0.2, 0) is 0 Å². The van der Waals surface area contributed by atoms with Crippen molar-refractivity contribution in [3.63, 3.8) is 0 Å². The number of likely N-dealkylation sites (tertiary alicyclic amines) is 1. The van der Waals surface area contributed by atoms with Gasteiger partial charge in [0, 0.05) is 19.1 Å². The Morgan fingerprint density at radius 2 is 2.04 bits per heavy atom. The van der Waals surface area contributed by atoms with Crippen molar-refractivity contribution in [2.75, 3.05) is 13.1 Å². The largest absolute Gasteiger partial charge is 0.350 e. The highest BCUT2D eigenvalue weighted by Crippen LogP contribution is 2.21. The molecule has 1 fully saturated rings. The van der Waals surface area contributed by atoms with Crippen LogP contribution in [0.4, 0.5) is 0 Å². The second-order valence-corrected chi connectivity index (χ2v) is 6.57. The molecule has 1 aromatic heterocycles. The lowest BCUT2D eigenvalue weighted by Crippen LogP contribution is -2.43. The van der Waals surface area contributed by atoms with Gasteiger partial charge in [0.05, 0.1) is 0 Å². The summed E-state index contributed by atoms with van der Waals surface area (Å²) in [6, 6.07) is 5.37. The molecule has 5 nitrogen and oxygen atoms in total. The van der Waals surface area contributed by atoms with Gasteiger partial charge >= 0.3 is 0 Å². The second kappa shape index (κ2) is 8.09. The standard InChI is InChI=1S/C18H27N3O2/c1-4-14-8-5-6-11-21(14)18(23)16-10-7-9-15(20-16)17(22)19-12-13(2)3/h7,9-10,13-14H,4-6,8,11-12H2,1-3H3,(H,19,22). The summed E-state index contributed by atoms with van der Waals surface area (Å²) in [7, 11) is 0. The quantitative estimate of drug-likeness (QED) is 0.908. The predicted octanol–water partition coefficient (Wildman–Crippen LogP) is 2.87. The van der Waals surface area contributed by atoms with E-state index in [2.05, 4.69) is 17.2 Å². The number of piperidine rings is 1. The van der Waals surface area contributed by atoms with Crippen LogP contribution in [0.1, 0.15) is 67.4 Å². The smallest absolute Gasteiger partial charge is 0.272 e. The van der Waals surface area contributed by atoms with Gasteiger partial charge in [0.25, 0.3) is 11.8 Å². The SMILES string of the molecule is CCC1CCCCN1C(=O)c1cccc(C(=O)NCC(C)C)n1. The van der Waals surface area contributed by atoms with Crippen molar-refractivity contribution < 1.29 is 9.59 Å². The summed E-state index contributed by atoms with van der Waals surface area (Å²) in [4.78, 5) is 31.1. The molecule has 1 aromatic rings. The van der Waals surface area contributed by atoms with Crippen molar-refractivity contribution in [1.29, 1.82) is 0 Å². The number of amides is 2. The molecule has 1 atom stereocenters. The molecule has 0 bridgehead atoms. The first-order chi connectivity index (χ1) is 11.0. The average molecular weight is 317 g/mol. The Hall–Kier alpha value is -1.91. The summed E-state index contributed by atoms with van der Waals surface area (Å²) < 4.78 is 0. The maximum Gasteiger partial charge on any atom is 0.272 e. The third kappa shape index (κ3) is 4.53. The molecule has 126 valence electrons. The van der Waals surface area contributed by atoms with Crippen LogP contribution >= 0.6 is 0 Å². The van der Waals surface area contributed by atoms with E-state index in [0.29, 0.717) is 23.9 Å². The predicted molar refractivity (Wildman–Crippen MR) is 90.4 cm³/mol. The highest BCUT2D eigenvalue weighted by atomic mass is 16.2. The third-order valence-electron chi connectivity index (χ3n) is 4.23. The lowest BCUT2D eigenvalue weighted by atomic mass is 9.99. The maximum absolute atomic E-state index is 12.7. The van der Waals surface area contributed by atoms with E-state index in [9.17, 15) is 9.59 Å². The molecule has 0 radical (unpaired) electrons. The lowest BCUT2D eigenvalue weighted by molar-refractivity contribution is 0.0602. The van der Waals surface area contributed by atoms with E-state index in [0.717, 1.165) is 25.8 Å². The van der Waals surface area contributed by atoms with Crippen LogP contribution in [0, 0.1) is 5.92 Å². The molecule has 2 amide bonds. The molecule has 0 aromatic carbocycles. The number of carbonyl (C=O) groups excluding carboxylic acids is 2. The monoisotopic (exact) mass is 317 g/mol. The van der Waals surface area contributed by atoms with Gasteiger partial charge in [-0.2, -0.15) is 0 Å². The van der Waals surface area contributed by atoms with Crippen LogP contribution in [0.25, 0.3) is 0 Å². The molecule has 1 N–H and O–H groups in total. The van der Waals surface area contributed by atoms with Gasteiger partial charge in [0.2, 0.25) is 0 Å². The van der Waals surface area contributed by atoms with Crippen molar-refractivity contribution in [2.24, 2.45) is 5.92 Å². The molecule has 1 unspecified atom stereocenters. The Balaban J connectivity index is 2.12. The highest BCUT2D eigenvalue weighted by molar-refractivity contribution is 5.96. The first-order valence-corrected chi connectivity index (χ1v) is 8.59. The van der Waals surface area contributed by atoms with Gasteiger partial charge in [-0.25, -0.2) is 4.98 Å². The second-order valence-electron chi connectivity index (χ2n) is 6.57. The fraction of sp³-hybridized carbons (Fsp3) is 0.611. The number of nitrogens with zero attached hydrogens (tertiary/aromatic N) is 2. The molecule has 5 heteroatoms. The fourth-order valence-electron chi connectivity index (χ4n) is 2.91. The van der Waals surface area contributed by atoms with Crippen LogP contribution in [-0.4, -0.2) is 40.8 Å². The molecule has 2 rings (SSSR count). The normalized spacial score (nSPS) is 18.1. The highest BCUT2D eigenvalue weighted by Gasteiger charge is 2.27. The lowest BCUT2D eigenvalue weighted by Gasteiger charge is -2.35. The molecular formula is C18H27N3O2. The number of nitrogens with one attached hydrogen (secondary N) is 1. The Kier molecular flexibility index (Phi) is 6.13. The van der Waals surface area contributed by atoms with E-state index in [4.69, 9.17) is 0 Å². The van der Waals surface area contributed by atoms with Crippen LogP contribution in [0.5, 0.6) is 0 Å². The van der Waals surface area contributed by atoms with Gasteiger partial charge in [-0.05, 0) is 43.7 Å². The average Bonchev–Trinajstić information content (AvgIpc) is 2.59. The Bertz CT molecular complexity index is 557. The van der Waals surface area contributed by atoms with Gasteiger partial charge in [-0.1, -0.05) is 26.8 Å². The molecule has 1 aliphatic heterocycles. The van der Waals surface area contributed by atoms with Crippen LogP contribution < -0.4 is 5.32 Å². The van der Waals surface area contributed by atoms with Crippen LogP contribution in [0.15, 0.2) is 18.2 Å². The summed E-state index contributed by atoms with van der Waals surface area (Å²) in [6.45, 7) is 7.56. The van der Waals surface area contributed by atoms with Gasteiger partial charge in [0.15, 0.2) is 0 Å². The molecule has 1 aliphatic rings. The van der Waals surface area contributed by atoms with Crippen molar-refractivity contribution in [2.45, 2.75) is 52.5 Å². The van der Waals surface area contributed by atoms with Gasteiger partial charge in [-0.15, -0.1) is 0 Å². The zero-order valence-corrected chi connectivity index (χ0v) is 14.3. The molecule has 0 spiro atoms. The van der Waals surface area contributed by atoms with E-state index < -0.39 is 0 Å². The maximum atomic E-state index is 12.7. The number of carbonyl (C=O) groups is 2. The summed E-state index contributed by atoms with van der Waals surface area (Å²) in [5.41, 5.74) is 0.670. The topological polar surface area (TPSA) is 62.3 Å². The minimum Gasteiger partial charge on any atom is -0.350 e. The van der Waals surface area contributed by atoms with E-state index in [1.807, 2.05) is 18.7 Å². The zero-order chi connectivity index (χ0) is 16.8. The number of aromatic nitrogens is 1. The van der Waals surface area contributed by atoms with E-state index in [1.54, 1.807) is 18.2 Å². The molecule has 23 heavy (non-hydrogen) atoms. The van der Waals surface area contributed by atoms with Gasteiger partial charge in [0.1, 0.15) is 11.4 Å². The molecule has 1 saturated heterocycles. The zero-order valence-electron chi connectivity index (χ0n) is 14.3. The van der Waals surface area contributed by atoms with E-state index in [-0.39, 0.29) is 17.9 Å². The summed E-state index contributed by atoms with van der Waals surface area (Å²) in [6.07, 6.45) is 4.22. The first-order valence-electron chi connectivity index (χ1n) is 8.59. The Morgan fingerprint density at radius 1 is 1.30 bits per heavy atom. The minimum atomic E-state index is -0.223. The first kappa shape index (κ1) is 17.4. The number of pyridine rings is 1. The minimum absolute atomic E-state index is 0.0601. The summed E-state index contributed by atoms with van der Waals surface area (Å²) >= 11 is 0. The molecule has 0 saturated carbocycles. The summed E-state index contributed by atoms with van der Waals surface area (Å²) in [5.74, 6) is 0.0940. The van der Waals surface area contributed by atoms with Crippen molar-refractivity contribution >= 4 is 11.8 Å². The third-order valence-corrected chi connectivity index (χ3v) is 4.23. The fourth-order valence-corrected chi connectivity index (χ4v) is 2.91. The van der Waals surface area contributed by atoms with Crippen molar-refractivity contribution in [3.8, 4) is 0 Å². The number of rotatable bonds is 5. The van der Waals surface area contributed by atoms with Crippen molar-refractivity contribution in [3.05, 3.63) is 29.6 Å². The number of hydrogen-bond acceptors (Lipinski definition) is 3. The van der Waals surface area contributed by atoms with E-state index in [1.165, 1.54) is 6.42 Å². The Morgan fingerprint density at radius 3 is 2.74 bits per heavy atom. The Labute approximate surface area is 138 Å². The van der Waals surface area contributed by atoms with Gasteiger partial charge in [-0.3, -0.25) is 9.59 Å².